The normalized spacial score (nSPS) is 17.0. The van der Waals surface area contributed by atoms with Crippen LogP contribution in [0.2, 0.25) is 0 Å². The molecule has 0 spiro atoms. The van der Waals surface area contributed by atoms with E-state index in [4.69, 9.17) is 0 Å². The van der Waals surface area contributed by atoms with Crippen LogP contribution < -0.4 is 10.6 Å². The highest BCUT2D eigenvalue weighted by molar-refractivity contribution is 9.10. The maximum Gasteiger partial charge on any atom is 0.251 e. The first-order valence-electron chi connectivity index (χ1n) is 6.34. The van der Waals surface area contributed by atoms with Crippen molar-refractivity contribution in [3.05, 3.63) is 34.3 Å². The summed E-state index contributed by atoms with van der Waals surface area (Å²) in [5, 5.41) is 6.28. The van der Waals surface area contributed by atoms with Crippen molar-refractivity contribution in [3.63, 3.8) is 0 Å². The second-order valence-corrected chi connectivity index (χ2v) is 5.99. The lowest BCUT2D eigenvalue weighted by Gasteiger charge is -2.42. The zero-order valence-electron chi connectivity index (χ0n) is 10.6. The molecular weight excluding hydrogens is 292 g/mol. The number of carbonyl (C=O) groups is 1. The van der Waals surface area contributed by atoms with Crippen LogP contribution in [0, 0.1) is 5.41 Å². The summed E-state index contributed by atoms with van der Waals surface area (Å²) in [6.07, 6.45) is 3.68. The minimum atomic E-state index is 0.0184. The van der Waals surface area contributed by atoms with Crippen LogP contribution in [0.3, 0.4) is 0 Å². The third kappa shape index (κ3) is 3.12. The Morgan fingerprint density at radius 3 is 2.44 bits per heavy atom. The number of benzene rings is 1. The highest BCUT2D eigenvalue weighted by Gasteiger charge is 2.36. The van der Waals surface area contributed by atoms with Gasteiger partial charge in [0, 0.05) is 28.5 Å². The molecule has 0 unspecified atom stereocenters. The van der Waals surface area contributed by atoms with Crippen molar-refractivity contribution >= 4 is 21.8 Å². The van der Waals surface area contributed by atoms with E-state index in [-0.39, 0.29) is 11.3 Å². The van der Waals surface area contributed by atoms with Crippen molar-refractivity contribution in [1.82, 2.24) is 10.6 Å². The molecule has 2 rings (SSSR count). The van der Waals surface area contributed by atoms with E-state index >= 15 is 0 Å². The van der Waals surface area contributed by atoms with Crippen molar-refractivity contribution < 1.29 is 4.79 Å². The van der Waals surface area contributed by atoms with E-state index in [1.807, 2.05) is 31.3 Å². The zero-order valence-corrected chi connectivity index (χ0v) is 12.2. The zero-order chi connectivity index (χ0) is 13.0. The van der Waals surface area contributed by atoms with Gasteiger partial charge in [0.25, 0.3) is 5.91 Å². The van der Waals surface area contributed by atoms with Gasteiger partial charge in [-0.3, -0.25) is 4.79 Å². The molecule has 98 valence electrons. The molecule has 18 heavy (non-hydrogen) atoms. The molecular formula is C14H19BrN2O. The Labute approximate surface area is 116 Å². The highest BCUT2D eigenvalue weighted by Crippen LogP contribution is 2.39. The molecule has 1 aromatic carbocycles. The fourth-order valence-corrected chi connectivity index (χ4v) is 2.70. The van der Waals surface area contributed by atoms with Crippen LogP contribution in [0.1, 0.15) is 29.6 Å². The average molecular weight is 311 g/mol. The van der Waals surface area contributed by atoms with Gasteiger partial charge in [0.1, 0.15) is 0 Å². The van der Waals surface area contributed by atoms with Gasteiger partial charge < -0.3 is 10.6 Å². The van der Waals surface area contributed by atoms with Gasteiger partial charge in [-0.25, -0.2) is 0 Å². The maximum atomic E-state index is 12.0. The second-order valence-electron chi connectivity index (χ2n) is 5.07. The molecule has 0 bridgehead atoms. The fourth-order valence-electron chi connectivity index (χ4n) is 2.44. The van der Waals surface area contributed by atoms with Crippen molar-refractivity contribution in [1.29, 1.82) is 0 Å². The van der Waals surface area contributed by atoms with Crippen LogP contribution in [0.5, 0.6) is 0 Å². The molecule has 1 fully saturated rings. The van der Waals surface area contributed by atoms with Gasteiger partial charge in [0.05, 0.1) is 0 Å². The van der Waals surface area contributed by atoms with E-state index in [9.17, 15) is 4.79 Å². The minimum absolute atomic E-state index is 0.0184. The van der Waals surface area contributed by atoms with Crippen molar-refractivity contribution in [2.45, 2.75) is 19.3 Å². The molecule has 1 aliphatic carbocycles. The topological polar surface area (TPSA) is 41.1 Å². The average Bonchev–Trinajstić information content (AvgIpc) is 2.33. The standard InChI is InChI=1S/C14H19BrN2O/c1-16-9-14(7-2-8-14)10-17-13(18)11-3-5-12(15)6-4-11/h3-6,16H,2,7-10H2,1H3,(H,17,18). The maximum absolute atomic E-state index is 12.0. The van der Waals surface area contributed by atoms with Gasteiger partial charge in [-0.15, -0.1) is 0 Å². The fraction of sp³-hybridized carbons (Fsp3) is 0.500. The lowest BCUT2D eigenvalue weighted by Crippen LogP contribution is -2.47. The number of nitrogens with one attached hydrogen (secondary N) is 2. The first-order valence-corrected chi connectivity index (χ1v) is 7.13. The lowest BCUT2D eigenvalue weighted by atomic mass is 9.68. The summed E-state index contributed by atoms with van der Waals surface area (Å²) in [7, 11) is 1.97. The summed E-state index contributed by atoms with van der Waals surface area (Å²) in [4.78, 5) is 12.0. The third-order valence-electron chi connectivity index (χ3n) is 3.70. The molecule has 3 nitrogen and oxygen atoms in total. The van der Waals surface area contributed by atoms with Gasteiger partial charge in [-0.2, -0.15) is 0 Å². The summed E-state index contributed by atoms with van der Waals surface area (Å²) in [5.41, 5.74) is 0.997. The summed E-state index contributed by atoms with van der Waals surface area (Å²) in [5.74, 6) is 0.0184. The van der Waals surface area contributed by atoms with E-state index < -0.39 is 0 Å². The quantitative estimate of drug-likeness (QED) is 0.877. The van der Waals surface area contributed by atoms with Gasteiger partial charge in [0.15, 0.2) is 0 Å². The molecule has 2 N–H and O–H groups in total. The number of hydrogen-bond donors (Lipinski definition) is 2. The molecule has 1 aromatic rings. The first kappa shape index (κ1) is 13.6. The van der Waals surface area contributed by atoms with Crippen LogP contribution in [0.15, 0.2) is 28.7 Å². The Balaban J connectivity index is 1.89. The number of hydrogen-bond acceptors (Lipinski definition) is 2. The molecule has 0 aromatic heterocycles. The van der Waals surface area contributed by atoms with E-state index in [2.05, 4.69) is 26.6 Å². The Hall–Kier alpha value is -0.870. The number of halogens is 1. The Morgan fingerprint density at radius 1 is 1.28 bits per heavy atom. The summed E-state index contributed by atoms with van der Waals surface area (Å²) in [6, 6.07) is 7.46. The van der Waals surface area contributed by atoms with Crippen molar-refractivity contribution in [3.8, 4) is 0 Å². The molecule has 0 heterocycles. The minimum Gasteiger partial charge on any atom is -0.351 e. The first-order chi connectivity index (χ1) is 8.65. The van der Waals surface area contributed by atoms with Crippen LogP contribution in [-0.2, 0) is 0 Å². The largest absolute Gasteiger partial charge is 0.351 e. The molecule has 4 heteroatoms. The van der Waals surface area contributed by atoms with E-state index in [0.29, 0.717) is 0 Å². The lowest BCUT2D eigenvalue weighted by molar-refractivity contribution is 0.0862. The Kier molecular flexibility index (Phi) is 4.40. The Bertz CT molecular complexity index is 412. The van der Waals surface area contributed by atoms with Gasteiger partial charge in [0.2, 0.25) is 0 Å². The highest BCUT2D eigenvalue weighted by atomic mass is 79.9. The van der Waals surface area contributed by atoms with Gasteiger partial charge >= 0.3 is 0 Å². The number of rotatable bonds is 5. The summed E-state index contributed by atoms with van der Waals surface area (Å²) < 4.78 is 0.990. The van der Waals surface area contributed by atoms with E-state index in [1.54, 1.807) is 0 Å². The van der Waals surface area contributed by atoms with Crippen molar-refractivity contribution in [2.75, 3.05) is 20.1 Å². The summed E-state index contributed by atoms with van der Waals surface area (Å²) >= 11 is 3.37. The molecule has 1 saturated carbocycles. The molecule has 0 aliphatic heterocycles. The molecule has 0 atom stereocenters. The van der Waals surface area contributed by atoms with Crippen LogP contribution in [0.4, 0.5) is 0 Å². The smallest absolute Gasteiger partial charge is 0.251 e. The van der Waals surface area contributed by atoms with Crippen LogP contribution in [-0.4, -0.2) is 26.0 Å². The molecule has 1 aliphatic rings. The monoisotopic (exact) mass is 310 g/mol. The predicted octanol–water partition coefficient (Wildman–Crippen LogP) is 2.57. The molecule has 1 amide bonds. The number of amides is 1. The van der Waals surface area contributed by atoms with Crippen LogP contribution in [0.25, 0.3) is 0 Å². The van der Waals surface area contributed by atoms with Crippen LogP contribution >= 0.6 is 15.9 Å². The SMILES string of the molecule is CNCC1(CNC(=O)c2ccc(Br)cc2)CCC1. The summed E-state index contributed by atoms with van der Waals surface area (Å²) in [6.45, 7) is 1.75. The number of carbonyl (C=O) groups excluding carboxylic acids is 1. The second kappa shape index (κ2) is 5.85. The van der Waals surface area contributed by atoms with Gasteiger partial charge in [-0.05, 0) is 44.2 Å². The van der Waals surface area contributed by atoms with Gasteiger partial charge in [-0.1, -0.05) is 22.4 Å². The van der Waals surface area contributed by atoms with E-state index in [0.717, 1.165) is 23.1 Å². The predicted molar refractivity (Wildman–Crippen MR) is 76.7 cm³/mol. The third-order valence-corrected chi connectivity index (χ3v) is 4.23. The molecule has 0 saturated heterocycles. The molecule has 0 radical (unpaired) electrons. The van der Waals surface area contributed by atoms with E-state index in [1.165, 1.54) is 19.3 Å². The van der Waals surface area contributed by atoms with Crippen molar-refractivity contribution in [2.24, 2.45) is 5.41 Å². The Morgan fingerprint density at radius 2 is 1.94 bits per heavy atom.